The van der Waals surface area contributed by atoms with Crippen LogP contribution in [0.3, 0.4) is 0 Å². The minimum Gasteiger partial charge on any atom is -0.497 e. The Morgan fingerprint density at radius 1 is 1.22 bits per heavy atom. The number of aliphatic carboxylic acids is 1. The molecule has 3 heterocycles. The molecule has 0 bridgehead atoms. The van der Waals surface area contributed by atoms with Crippen molar-refractivity contribution in [3.05, 3.63) is 54.2 Å². The van der Waals surface area contributed by atoms with E-state index in [-0.39, 0.29) is 12.3 Å². The van der Waals surface area contributed by atoms with Crippen LogP contribution in [0.25, 0.3) is 10.9 Å². The van der Waals surface area contributed by atoms with Crippen molar-refractivity contribution >= 4 is 16.9 Å². The molecule has 0 aliphatic carbocycles. The van der Waals surface area contributed by atoms with Crippen LogP contribution < -0.4 is 4.74 Å². The van der Waals surface area contributed by atoms with Crippen LogP contribution in [-0.2, 0) is 18.3 Å². The average molecular weight is 497 g/mol. The van der Waals surface area contributed by atoms with Crippen LogP contribution in [0.5, 0.6) is 5.75 Å². The number of carbonyl (C=O) groups is 1. The summed E-state index contributed by atoms with van der Waals surface area (Å²) in [5, 5.41) is 10.1. The number of ether oxygens (including phenoxy) is 1. The van der Waals surface area contributed by atoms with E-state index in [0.29, 0.717) is 30.1 Å². The molecule has 0 radical (unpaired) electrons. The summed E-state index contributed by atoms with van der Waals surface area (Å²) in [7, 11) is 3.62. The van der Waals surface area contributed by atoms with E-state index in [1.165, 1.54) is 0 Å². The molecule has 3 aromatic rings. The van der Waals surface area contributed by atoms with Crippen LogP contribution in [-0.4, -0.2) is 57.3 Å². The number of halogens is 1. The van der Waals surface area contributed by atoms with Crippen molar-refractivity contribution in [2.24, 2.45) is 18.9 Å². The maximum atomic E-state index is 15.5. The molecule has 1 saturated heterocycles. The quantitative estimate of drug-likeness (QED) is 0.371. The number of likely N-dealkylation sites (tertiary alicyclic amines) is 1. The van der Waals surface area contributed by atoms with Gasteiger partial charge in [0.15, 0.2) is 0 Å². The van der Waals surface area contributed by atoms with Crippen molar-refractivity contribution < 1.29 is 19.0 Å². The van der Waals surface area contributed by atoms with Gasteiger partial charge in [-0.15, -0.1) is 0 Å². The summed E-state index contributed by atoms with van der Waals surface area (Å²) in [6, 6.07) is 7.31. The summed E-state index contributed by atoms with van der Waals surface area (Å²) in [5.41, 5.74) is 1.40. The van der Waals surface area contributed by atoms with Crippen LogP contribution in [0.15, 0.2) is 42.9 Å². The Hall–Kier alpha value is -3.00. The number of carboxylic acid groups (broad SMARTS) is 1. The smallest absolute Gasteiger partial charge is 0.303 e. The van der Waals surface area contributed by atoms with E-state index in [4.69, 9.17) is 4.74 Å². The Bertz CT molecular complexity index is 1150. The number of carboxylic acids is 1. The highest BCUT2D eigenvalue weighted by Gasteiger charge is 2.30. The van der Waals surface area contributed by atoms with E-state index in [0.717, 1.165) is 62.0 Å². The number of alkyl halides is 1. The molecule has 1 fully saturated rings. The zero-order chi connectivity index (χ0) is 25.5. The van der Waals surface area contributed by atoms with E-state index in [1.54, 1.807) is 19.4 Å². The van der Waals surface area contributed by atoms with Gasteiger partial charge in [0, 0.05) is 50.4 Å². The van der Waals surface area contributed by atoms with Gasteiger partial charge in [0.25, 0.3) is 0 Å². The van der Waals surface area contributed by atoms with Crippen LogP contribution >= 0.6 is 0 Å². The normalized spacial score (nSPS) is 19.4. The first-order valence-electron chi connectivity index (χ1n) is 12.9. The fourth-order valence-electron chi connectivity index (χ4n) is 5.54. The number of pyridine rings is 1. The molecule has 2 unspecified atom stereocenters. The highest BCUT2D eigenvalue weighted by Crippen LogP contribution is 2.36. The molecular formula is C28H37FN4O3. The highest BCUT2D eigenvalue weighted by molar-refractivity contribution is 5.83. The monoisotopic (exact) mass is 496 g/mol. The largest absolute Gasteiger partial charge is 0.497 e. The number of rotatable bonds is 12. The maximum Gasteiger partial charge on any atom is 0.303 e. The molecule has 1 aliphatic rings. The summed E-state index contributed by atoms with van der Waals surface area (Å²) < 4.78 is 22.9. The minimum atomic E-state index is -1.10. The fraction of sp³-hybridized carbons (Fsp3) is 0.536. The SMILES string of the molecule is COc1ccc2nccc([C@@H](F)CCC3CCN(CCCc4nccn4C)CC3CCC(=O)O)c2c1. The molecule has 2 aromatic heterocycles. The minimum absolute atomic E-state index is 0.163. The summed E-state index contributed by atoms with van der Waals surface area (Å²) in [6.07, 6.45) is 9.25. The van der Waals surface area contributed by atoms with E-state index in [9.17, 15) is 9.90 Å². The van der Waals surface area contributed by atoms with Gasteiger partial charge >= 0.3 is 5.97 Å². The van der Waals surface area contributed by atoms with Gasteiger partial charge in [-0.05, 0) is 86.9 Å². The first-order chi connectivity index (χ1) is 17.4. The van der Waals surface area contributed by atoms with Gasteiger partial charge in [-0.2, -0.15) is 0 Å². The number of methoxy groups -OCH3 is 1. The Kier molecular flexibility index (Phi) is 8.91. The second kappa shape index (κ2) is 12.3. The topological polar surface area (TPSA) is 80.5 Å². The second-order valence-corrected chi connectivity index (χ2v) is 9.93. The molecule has 0 saturated carbocycles. The average Bonchev–Trinajstić information content (AvgIpc) is 3.30. The fourth-order valence-corrected chi connectivity index (χ4v) is 5.54. The number of nitrogens with zero attached hydrogens (tertiary/aromatic N) is 4. The van der Waals surface area contributed by atoms with E-state index < -0.39 is 12.1 Å². The zero-order valence-electron chi connectivity index (χ0n) is 21.3. The number of hydrogen-bond donors (Lipinski definition) is 1. The number of aryl methyl sites for hydroxylation is 2. The molecule has 1 aliphatic heterocycles. The lowest BCUT2D eigenvalue weighted by Gasteiger charge is -2.39. The van der Waals surface area contributed by atoms with Gasteiger partial charge < -0.3 is 19.3 Å². The molecule has 3 atom stereocenters. The molecule has 1 N–H and O–H groups in total. The van der Waals surface area contributed by atoms with Crippen molar-refractivity contribution in [3.63, 3.8) is 0 Å². The van der Waals surface area contributed by atoms with Crippen molar-refractivity contribution in [2.45, 2.75) is 51.1 Å². The molecule has 194 valence electrons. The van der Waals surface area contributed by atoms with Gasteiger partial charge in [-0.3, -0.25) is 9.78 Å². The molecule has 7 nitrogen and oxygen atoms in total. The highest BCUT2D eigenvalue weighted by atomic mass is 19.1. The Morgan fingerprint density at radius 3 is 2.83 bits per heavy atom. The summed E-state index contributed by atoms with van der Waals surface area (Å²) in [5.74, 6) is 1.61. The summed E-state index contributed by atoms with van der Waals surface area (Å²) in [6.45, 7) is 2.83. The zero-order valence-corrected chi connectivity index (χ0v) is 21.3. The third-order valence-corrected chi connectivity index (χ3v) is 7.61. The van der Waals surface area contributed by atoms with Gasteiger partial charge in [-0.25, -0.2) is 9.37 Å². The third kappa shape index (κ3) is 6.60. The van der Waals surface area contributed by atoms with Gasteiger partial charge in [0.05, 0.1) is 12.6 Å². The summed E-state index contributed by atoms with van der Waals surface area (Å²) >= 11 is 0. The molecule has 36 heavy (non-hydrogen) atoms. The summed E-state index contributed by atoms with van der Waals surface area (Å²) in [4.78, 5) is 22.5. The van der Waals surface area contributed by atoms with E-state index >= 15 is 4.39 Å². The van der Waals surface area contributed by atoms with Crippen LogP contribution in [0, 0.1) is 11.8 Å². The molecular weight excluding hydrogens is 459 g/mol. The number of piperidine rings is 1. The number of imidazole rings is 1. The Balaban J connectivity index is 1.36. The lowest BCUT2D eigenvalue weighted by molar-refractivity contribution is -0.137. The molecule has 8 heteroatoms. The van der Waals surface area contributed by atoms with Gasteiger partial charge in [-0.1, -0.05) is 0 Å². The van der Waals surface area contributed by atoms with E-state index in [2.05, 4.69) is 19.4 Å². The molecule has 0 spiro atoms. The van der Waals surface area contributed by atoms with Crippen LogP contribution in [0.2, 0.25) is 0 Å². The lowest BCUT2D eigenvalue weighted by atomic mass is 9.79. The second-order valence-electron chi connectivity index (χ2n) is 9.93. The standard InChI is InChI=1S/C28H37FN4O3/c1-32-17-14-31-27(32)4-3-15-33-16-12-20(21(19-33)6-10-28(34)35)5-8-25(29)23-11-13-30-26-9-7-22(36-2)18-24(23)26/h7,9,11,13-14,17-18,20-21,25H,3-6,8,10,12,15-16,19H2,1-2H3,(H,34,35)/t20?,21?,25-/m0/s1. The van der Waals surface area contributed by atoms with Gasteiger partial charge in [0.1, 0.15) is 17.7 Å². The van der Waals surface area contributed by atoms with E-state index in [1.807, 2.05) is 37.6 Å². The number of fused-ring (bicyclic) bond motifs is 1. The Morgan fingerprint density at radius 2 is 2.08 bits per heavy atom. The Labute approximate surface area is 212 Å². The van der Waals surface area contributed by atoms with Crippen LogP contribution in [0.1, 0.15) is 56.1 Å². The van der Waals surface area contributed by atoms with Crippen molar-refractivity contribution in [2.75, 3.05) is 26.7 Å². The number of benzene rings is 1. The first kappa shape index (κ1) is 26.1. The predicted octanol–water partition coefficient (Wildman–Crippen LogP) is 5.20. The molecule has 1 aromatic carbocycles. The van der Waals surface area contributed by atoms with Crippen molar-refractivity contribution in [3.8, 4) is 5.75 Å². The maximum absolute atomic E-state index is 15.5. The molecule has 4 rings (SSSR count). The van der Waals surface area contributed by atoms with Crippen molar-refractivity contribution in [1.29, 1.82) is 0 Å². The number of aromatic nitrogens is 3. The third-order valence-electron chi connectivity index (χ3n) is 7.61. The van der Waals surface area contributed by atoms with Gasteiger partial charge in [0.2, 0.25) is 0 Å². The van der Waals surface area contributed by atoms with Crippen molar-refractivity contribution in [1.82, 2.24) is 19.4 Å². The predicted molar refractivity (Wildman–Crippen MR) is 138 cm³/mol. The first-order valence-corrected chi connectivity index (χ1v) is 12.9. The van der Waals surface area contributed by atoms with Crippen LogP contribution in [0.4, 0.5) is 4.39 Å². The molecule has 0 amide bonds. The number of hydrogen-bond acceptors (Lipinski definition) is 5. The lowest BCUT2D eigenvalue weighted by Crippen LogP contribution is -2.41.